The Balaban J connectivity index is 1.32. The second-order valence-corrected chi connectivity index (χ2v) is 8.35. The normalized spacial score (nSPS) is 16.8. The van der Waals surface area contributed by atoms with E-state index < -0.39 is 5.54 Å². The zero-order chi connectivity index (χ0) is 23.4. The third kappa shape index (κ3) is 4.50. The van der Waals surface area contributed by atoms with E-state index >= 15 is 0 Å². The van der Waals surface area contributed by atoms with Gasteiger partial charge in [0.05, 0.1) is 27.0 Å². The highest BCUT2D eigenvalue weighted by molar-refractivity contribution is 6.07. The van der Waals surface area contributed by atoms with Crippen LogP contribution in [0.4, 0.5) is 10.6 Å². The van der Waals surface area contributed by atoms with Gasteiger partial charge in [0.2, 0.25) is 5.91 Å². The number of urea groups is 1. The van der Waals surface area contributed by atoms with Crippen LogP contribution in [0.3, 0.4) is 0 Å². The second-order valence-electron chi connectivity index (χ2n) is 8.35. The molecule has 1 saturated carbocycles. The van der Waals surface area contributed by atoms with Gasteiger partial charge in [-0.15, -0.1) is 0 Å². The molecule has 1 aromatic carbocycles. The van der Waals surface area contributed by atoms with E-state index in [0.29, 0.717) is 43.1 Å². The average molecular weight is 456 g/mol. The Labute approximate surface area is 192 Å². The molecule has 0 bridgehead atoms. The fourth-order valence-electron chi connectivity index (χ4n) is 4.60. The van der Waals surface area contributed by atoms with Crippen LogP contribution in [-0.2, 0) is 16.1 Å². The summed E-state index contributed by atoms with van der Waals surface area (Å²) in [5.74, 6) is 1.41. The average Bonchev–Trinajstić information content (AvgIpc) is 3.51. The molecule has 2 N–H and O–H groups in total. The first-order chi connectivity index (χ1) is 16.0. The van der Waals surface area contributed by atoms with E-state index in [2.05, 4.69) is 15.7 Å². The lowest BCUT2D eigenvalue weighted by Gasteiger charge is -2.19. The Kier molecular flexibility index (Phi) is 6.52. The summed E-state index contributed by atoms with van der Waals surface area (Å²) in [5.41, 5.74) is 0.142. The number of carbonyl (C=O) groups excluding carboxylic acids is 3. The first kappa shape index (κ1) is 22.6. The van der Waals surface area contributed by atoms with Gasteiger partial charge in [0.1, 0.15) is 11.4 Å². The van der Waals surface area contributed by atoms with Gasteiger partial charge in [-0.1, -0.05) is 25.0 Å². The molecular weight excluding hydrogens is 426 g/mol. The maximum atomic E-state index is 12.7. The third-order valence-corrected chi connectivity index (χ3v) is 6.28. The van der Waals surface area contributed by atoms with Crippen molar-refractivity contribution in [2.24, 2.45) is 0 Å². The van der Waals surface area contributed by atoms with Crippen molar-refractivity contribution in [1.82, 2.24) is 20.0 Å². The molecule has 2 aliphatic rings. The maximum Gasteiger partial charge on any atom is 0.325 e. The molecule has 2 heterocycles. The Bertz CT molecular complexity index is 1040. The summed E-state index contributed by atoms with van der Waals surface area (Å²) in [6, 6.07) is 6.95. The summed E-state index contributed by atoms with van der Waals surface area (Å²) in [4.78, 5) is 38.7. The number of amides is 4. The van der Waals surface area contributed by atoms with Crippen molar-refractivity contribution >= 4 is 23.7 Å². The summed E-state index contributed by atoms with van der Waals surface area (Å²) in [6.45, 7) is 0.605. The van der Waals surface area contributed by atoms with Gasteiger partial charge in [0.15, 0.2) is 11.5 Å². The number of ether oxygens (including phenoxy) is 2. The number of imide groups is 1. The number of hydrogen-bond donors (Lipinski definition) is 2. The van der Waals surface area contributed by atoms with Gasteiger partial charge in [-0.05, 0) is 25.3 Å². The van der Waals surface area contributed by atoms with Gasteiger partial charge in [-0.25, -0.2) is 9.48 Å². The molecule has 2 fully saturated rings. The zero-order valence-corrected chi connectivity index (χ0v) is 18.9. The highest BCUT2D eigenvalue weighted by Crippen LogP contribution is 2.35. The molecule has 0 unspecified atom stereocenters. The van der Waals surface area contributed by atoms with Crippen LogP contribution in [0, 0.1) is 0 Å². The molecule has 1 aliphatic heterocycles. The van der Waals surface area contributed by atoms with Crippen molar-refractivity contribution in [1.29, 1.82) is 0 Å². The van der Waals surface area contributed by atoms with E-state index in [-0.39, 0.29) is 30.8 Å². The lowest BCUT2D eigenvalue weighted by molar-refractivity contribution is -0.131. The van der Waals surface area contributed by atoms with Crippen LogP contribution in [0.2, 0.25) is 0 Å². The number of anilines is 1. The van der Waals surface area contributed by atoms with E-state index in [4.69, 9.17) is 9.47 Å². The molecule has 1 spiro atoms. The number of hydrogen-bond acceptors (Lipinski definition) is 6. The summed E-state index contributed by atoms with van der Waals surface area (Å²) in [7, 11) is 3.15. The highest BCUT2D eigenvalue weighted by atomic mass is 16.5. The minimum atomic E-state index is -0.715. The fraction of sp³-hybridized carbons (Fsp3) is 0.478. The smallest absolute Gasteiger partial charge is 0.325 e. The summed E-state index contributed by atoms with van der Waals surface area (Å²) >= 11 is 0. The number of carbonyl (C=O) groups is 3. The van der Waals surface area contributed by atoms with E-state index in [1.54, 1.807) is 31.2 Å². The lowest BCUT2D eigenvalue weighted by Crippen LogP contribution is -2.44. The highest BCUT2D eigenvalue weighted by Gasteiger charge is 2.52. The van der Waals surface area contributed by atoms with E-state index in [9.17, 15) is 14.4 Å². The molecule has 10 nitrogen and oxygen atoms in total. The summed E-state index contributed by atoms with van der Waals surface area (Å²) in [5, 5.41) is 10.0. The summed E-state index contributed by atoms with van der Waals surface area (Å²) < 4.78 is 12.5. The van der Waals surface area contributed by atoms with Crippen LogP contribution in [0.1, 0.15) is 44.1 Å². The topological polar surface area (TPSA) is 115 Å². The maximum absolute atomic E-state index is 12.7. The molecular formula is C23H29N5O5. The monoisotopic (exact) mass is 455 g/mol. The Morgan fingerprint density at radius 1 is 1.18 bits per heavy atom. The van der Waals surface area contributed by atoms with Crippen LogP contribution >= 0.6 is 0 Å². The van der Waals surface area contributed by atoms with Gasteiger partial charge in [-0.3, -0.25) is 14.5 Å². The minimum absolute atomic E-state index is 0.157. The third-order valence-electron chi connectivity index (χ3n) is 6.28. The molecule has 4 rings (SSSR count). The Hall–Kier alpha value is -3.56. The van der Waals surface area contributed by atoms with Crippen LogP contribution in [0.25, 0.3) is 0 Å². The van der Waals surface area contributed by atoms with E-state index in [1.165, 1.54) is 4.90 Å². The van der Waals surface area contributed by atoms with Crippen molar-refractivity contribution in [2.75, 3.05) is 26.1 Å². The fourth-order valence-corrected chi connectivity index (χ4v) is 4.60. The van der Waals surface area contributed by atoms with E-state index in [0.717, 1.165) is 18.4 Å². The van der Waals surface area contributed by atoms with Crippen molar-refractivity contribution in [3.8, 4) is 11.5 Å². The molecule has 0 radical (unpaired) electrons. The predicted octanol–water partition coefficient (Wildman–Crippen LogP) is 2.53. The van der Waals surface area contributed by atoms with Crippen molar-refractivity contribution in [2.45, 2.75) is 50.6 Å². The number of nitrogens with one attached hydrogen (secondary N) is 2. The Morgan fingerprint density at radius 3 is 2.70 bits per heavy atom. The van der Waals surface area contributed by atoms with Crippen LogP contribution in [-0.4, -0.2) is 58.8 Å². The SMILES string of the molecule is COc1cccc(Cn2nccc2NC(=O)CCCN2C(=O)NC3(CCCC3)C2=O)c1OC. The molecule has 1 aliphatic carbocycles. The van der Waals surface area contributed by atoms with Gasteiger partial charge >= 0.3 is 6.03 Å². The predicted molar refractivity (Wildman–Crippen MR) is 120 cm³/mol. The number of rotatable bonds is 9. The number of nitrogens with zero attached hydrogens (tertiary/aromatic N) is 3. The van der Waals surface area contributed by atoms with Gasteiger partial charge in [0, 0.05) is 24.6 Å². The van der Waals surface area contributed by atoms with Gasteiger partial charge in [-0.2, -0.15) is 5.10 Å². The summed E-state index contributed by atoms with van der Waals surface area (Å²) in [6.07, 6.45) is 5.44. The van der Waals surface area contributed by atoms with Gasteiger partial charge in [0.25, 0.3) is 5.91 Å². The Morgan fingerprint density at radius 2 is 1.97 bits per heavy atom. The molecule has 0 atom stereocenters. The standard InChI is InChI=1S/C23H29N5O5/c1-32-17-8-5-7-16(20(17)33-2)15-28-18(10-13-24-28)25-19(29)9-6-14-27-21(30)23(26-22(27)31)11-3-4-12-23/h5,7-8,10,13H,3-4,6,9,11-12,14-15H2,1-2H3,(H,25,29)(H,26,31). The molecule has 1 saturated heterocycles. The number of methoxy groups -OCH3 is 2. The molecule has 2 aromatic rings. The largest absolute Gasteiger partial charge is 0.493 e. The van der Waals surface area contributed by atoms with Gasteiger partial charge < -0.3 is 20.1 Å². The minimum Gasteiger partial charge on any atom is -0.493 e. The molecule has 33 heavy (non-hydrogen) atoms. The first-order valence-electron chi connectivity index (χ1n) is 11.1. The van der Waals surface area contributed by atoms with Crippen LogP contribution < -0.4 is 20.1 Å². The van der Waals surface area contributed by atoms with E-state index in [1.807, 2.05) is 18.2 Å². The molecule has 10 heteroatoms. The second kappa shape index (κ2) is 9.51. The van der Waals surface area contributed by atoms with Crippen molar-refractivity contribution in [3.05, 3.63) is 36.0 Å². The molecule has 4 amide bonds. The number of para-hydroxylation sites is 1. The van der Waals surface area contributed by atoms with Crippen LogP contribution in [0.5, 0.6) is 11.5 Å². The quantitative estimate of drug-likeness (QED) is 0.562. The zero-order valence-electron chi connectivity index (χ0n) is 18.9. The van der Waals surface area contributed by atoms with Crippen molar-refractivity contribution in [3.63, 3.8) is 0 Å². The van der Waals surface area contributed by atoms with Crippen LogP contribution in [0.15, 0.2) is 30.5 Å². The number of benzene rings is 1. The van der Waals surface area contributed by atoms with Crippen molar-refractivity contribution < 1.29 is 23.9 Å². The number of aromatic nitrogens is 2. The first-order valence-corrected chi connectivity index (χ1v) is 11.1. The molecule has 1 aromatic heterocycles. The lowest BCUT2D eigenvalue weighted by atomic mass is 9.98. The molecule has 176 valence electrons.